The molecule has 1 aromatic carbocycles. The van der Waals surface area contributed by atoms with Crippen LogP contribution in [0.5, 0.6) is 0 Å². The van der Waals surface area contributed by atoms with Gasteiger partial charge in [0.05, 0.1) is 21.8 Å². The van der Waals surface area contributed by atoms with E-state index in [1.807, 2.05) is 33.8 Å². The number of carbonyl (C=O) groups is 1. The largest absolute Gasteiger partial charge is 0.494 e. The number of benzene rings is 1. The highest BCUT2D eigenvalue weighted by molar-refractivity contribution is 6.62. The average molecular weight is 296 g/mol. The standard InChI is InChI=1S/C14H19BClNO3/c1-13(2)14(3,4)20-15(19-13)9-6-7-11(16)10(8-9)12(18)17-5/h6-8H,1-5H3,(H,17,18). The second-order valence-corrected chi connectivity index (χ2v) is 6.31. The molecule has 0 saturated carbocycles. The molecule has 1 aliphatic heterocycles. The lowest BCUT2D eigenvalue weighted by molar-refractivity contribution is 0.00578. The van der Waals surface area contributed by atoms with Gasteiger partial charge < -0.3 is 14.6 Å². The van der Waals surface area contributed by atoms with Crippen molar-refractivity contribution in [3.05, 3.63) is 28.8 Å². The predicted molar refractivity (Wildman–Crippen MR) is 80.6 cm³/mol. The van der Waals surface area contributed by atoms with E-state index >= 15 is 0 Å². The minimum Gasteiger partial charge on any atom is -0.399 e. The van der Waals surface area contributed by atoms with E-state index < -0.39 is 18.3 Å². The van der Waals surface area contributed by atoms with Crippen molar-refractivity contribution in [2.75, 3.05) is 7.05 Å². The van der Waals surface area contributed by atoms with Gasteiger partial charge in [-0.1, -0.05) is 17.7 Å². The van der Waals surface area contributed by atoms with Crippen LogP contribution in [0, 0.1) is 0 Å². The summed E-state index contributed by atoms with van der Waals surface area (Å²) in [6, 6.07) is 5.22. The van der Waals surface area contributed by atoms with Gasteiger partial charge in [-0.15, -0.1) is 0 Å². The van der Waals surface area contributed by atoms with Gasteiger partial charge in [0.1, 0.15) is 0 Å². The minimum atomic E-state index is -0.499. The van der Waals surface area contributed by atoms with Crippen LogP contribution in [-0.2, 0) is 9.31 Å². The molecule has 2 rings (SSSR count). The van der Waals surface area contributed by atoms with E-state index in [0.717, 1.165) is 5.46 Å². The lowest BCUT2D eigenvalue weighted by Gasteiger charge is -2.32. The van der Waals surface area contributed by atoms with Crippen molar-refractivity contribution < 1.29 is 14.1 Å². The Balaban J connectivity index is 2.34. The van der Waals surface area contributed by atoms with Crippen LogP contribution in [0.1, 0.15) is 38.1 Å². The van der Waals surface area contributed by atoms with Crippen molar-refractivity contribution in [3.63, 3.8) is 0 Å². The van der Waals surface area contributed by atoms with E-state index in [-0.39, 0.29) is 5.91 Å². The van der Waals surface area contributed by atoms with Gasteiger partial charge in [0, 0.05) is 7.05 Å². The quantitative estimate of drug-likeness (QED) is 0.849. The smallest absolute Gasteiger partial charge is 0.399 e. The first-order valence-electron chi connectivity index (χ1n) is 6.55. The second kappa shape index (κ2) is 5.06. The van der Waals surface area contributed by atoms with Crippen molar-refractivity contribution in [3.8, 4) is 0 Å². The van der Waals surface area contributed by atoms with E-state index in [2.05, 4.69) is 5.32 Å². The molecule has 0 radical (unpaired) electrons. The van der Waals surface area contributed by atoms with Gasteiger partial charge in [0.25, 0.3) is 5.91 Å². The SMILES string of the molecule is CNC(=O)c1cc(B2OC(C)(C)C(C)(C)O2)ccc1Cl. The minimum absolute atomic E-state index is 0.228. The van der Waals surface area contributed by atoms with Crippen molar-refractivity contribution in [1.29, 1.82) is 0 Å². The van der Waals surface area contributed by atoms with Gasteiger partial charge in [-0.2, -0.15) is 0 Å². The third kappa shape index (κ3) is 2.58. The number of rotatable bonds is 2. The molecule has 0 bridgehead atoms. The molecule has 0 aliphatic carbocycles. The highest BCUT2D eigenvalue weighted by Crippen LogP contribution is 2.36. The third-order valence-corrected chi connectivity index (χ3v) is 4.32. The second-order valence-electron chi connectivity index (χ2n) is 5.91. The Labute approximate surface area is 124 Å². The van der Waals surface area contributed by atoms with Gasteiger partial charge in [-0.3, -0.25) is 4.79 Å². The fraction of sp³-hybridized carbons (Fsp3) is 0.500. The van der Waals surface area contributed by atoms with Crippen LogP contribution in [0.25, 0.3) is 0 Å². The summed E-state index contributed by atoms with van der Waals surface area (Å²) in [5, 5.41) is 2.97. The number of hydrogen-bond donors (Lipinski definition) is 1. The van der Waals surface area contributed by atoms with Crippen molar-refractivity contribution in [2.45, 2.75) is 38.9 Å². The summed E-state index contributed by atoms with van der Waals surface area (Å²) in [6.45, 7) is 7.95. The molecule has 20 heavy (non-hydrogen) atoms. The topological polar surface area (TPSA) is 47.6 Å². The maximum absolute atomic E-state index is 11.8. The molecule has 1 heterocycles. The summed E-state index contributed by atoms with van der Waals surface area (Å²) < 4.78 is 11.9. The van der Waals surface area contributed by atoms with Crippen molar-refractivity contribution in [1.82, 2.24) is 5.32 Å². The summed E-state index contributed by atoms with van der Waals surface area (Å²) in [4.78, 5) is 11.8. The molecule has 1 amide bonds. The first-order chi connectivity index (χ1) is 9.18. The molecule has 0 atom stereocenters. The molecule has 0 unspecified atom stereocenters. The Morgan fingerprint density at radius 1 is 1.20 bits per heavy atom. The first-order valence-corrected chi connectivity index (χ1v) is 6.93. The summed E-state index contributed by atoms with van der Waals surface area (Å²) >= 11 is 6.05. The molecular weight excluding hydrogens is 276 g/mol. The molecule has 6 heteroatoms. The third-order valence-electron chi connectivity index (χ3n) is 3.99. The van der Waals surface area contributed by atoms with E-state index in [4.69, 9.17) is 20.9 Å². The van der Waals surface area contributed by atoms with Gasteiger partial charge in [-0.25, -0.2) is 0 Å². The Hall–Kier alpha value is -1.04. The van der Waals surface area contributed by atoms with E-state index in [9.17, 15) is 4.79 Å². The van der Waals surface area contributed by atoms with E-state index in [0.29, 0.717) is 10.6 Å². The van der Waals surface area contributed by atoms with Crippen LogP contribution in [-0.4, -0.2) is 31.3 Å². The summed E-state index contributed by atoms with van der Waals surface area (Å²) in [5.41, 5.74) is 0.377. The van der Waals surface area contributed by atoms with Crippen molar-refractivity contribution in [2.24, 2.45) is 0 Å². The highest BCUT2D eigenvalue weighted by Gasteiger charge is 2.51. The zero-order valence-electron chi connectivity index (χ0n) is 12.4. The molecule has 4 nitrogen and oxygen atoms in total. The molecule has 0 aromatic heterocycles. The zero-order valence-corrected chi connectivity index (χ0v) is 13.2. The molecular formula is C14H19BClNO3. The van der Waals surface area contributed by atoms with Gasteiger partial charge >= 0.3 is 7.12 Å². The van der Waals surface area contributed by atoms with Gasteiger partial charge in [-0.05, 0) is 45.3 Å². The summed E-state index contributed by atoms with van der Waals surface area (Å²) in [6.07, 6.45) is 0. The number of hydrogen-bond acceptors (Lipinski definition) is 3. The number of nitrogens with one attached hydrogen (secondary N) is 1. The molecule has 1 N–H and O–H groups in total. The maximum Gasteiger partial charge on any atom is 0.494 e. The Bertz CT molecular complexity index is 529. The van der Waals surface area contributed by atoms with E-state index in [1.165, 1.54) is 0 Å². The predicted octanol–water partition coefficient (Wildman–Crippen LogP) is 2.00. The maximum atomic E-state index is 11.8. The van der Waals surface area contributed by atoms with Crippen LogP contribution < -0.4 is 10.8 Å². The van der Waals surface area contributed by atoms with Crippen LogP contribution in [0.15, 0.2) is 18.2 Å². The summed E-state index contributed by atoms with van der Waals surface area (Å²) in [5.74, 6) is -0.228. The molecule has 1 aliphatic rings. The Morgan fingerprint density at radius 3 is 2.25 bits per heavy atom. The van der Waals surface area contributed by atoms with Gasteiger partial charge in [0.2, 0.25) is 0 Å². The van der Waals surface area contributed by atoms with Crippen molar-refractivity contribution >= 4 is 30.1 Å². The number of amides is 1. The lowest BCUT2D eigenvalue weighted by atomic mass is 9.78. The average Bonchev–Trinajstić information content (AvgIpc) is 2.58. The molecule has 1 fully saturated rings. The Morgan fingerprint density at radius 2 is 1.75 bits per heavy atom. The molecule has 1 aromatic rings. The highest BCUT2D eigenvalue weighted by atomic mass is 35.5. The fourth-order valence-corrected chi connectivity index (χ4v) is 2.18. The van der Waals surface area contributed by atoms with E-state index in [1.54, 1.807) is 19.2 Å². The fourth-order valence-electron chi connectivity index (χ4n) is 1.98. The first kappa shape index (κ1) is 15.4. The Kier molecular flexibility index (Phi) is 3.89. The summed E-state index contributed by atoms with van der Waals surface area (Å²) in [7, 11) is 1.07. The van der Waals surface area contributed by atoms with Crippen LogP contribution in [0.4, 0.5) is 0 Å². The molecule has 0 spiro atoms. The zero-order chi connectivity index (χ0) is 15.1. The number of carbonyl (C=O) groups excluding carboxylic acids is 1. The van der Waals surface area contributed by atoms with Crippen LogP contribution >= 0.6 is 11.6 Å². The van der Waals surface area contributed by atoms with Crippen LogP contribution in [0.3, 0.4) is 0 Å². The molecule has 108 valence electrons. The van der Waals surface area contributed by atoms with Crippen LogP contribution in [0.2, 0.25) is 5.02 Å². The van der Waals surface area contributed by atoms with Gasteiger partial charge in [0.15, 0.2) is 0 Å². The normalized spacial score (nSPS) is 20.0. The molecule has 1 saturated heterocycles. The lowest BCUT2D eigenvalue weighted by Crippen LogP contribution is -2.41. The monoisotopic (exact) mass is 295 g/mol. The number of halogens is 1.